The van der Waals surface area contributed by atoms with E-state index < -0.39 is 48.6 Å². The van der Waals surface area contributed by atoms with Gasteiger partial charge in [-0.2, -0.15) is 0 Å². The van der Waals surface area contributed by atoms with Crippen molar-refractivity contribution in [3.8, 4) is 0 Å². The lowest BCUT2D eigenvalue weighted by atomic mass is 9.98. The summed E-state index contributed by atoms with van der Waals surface area (Å²) in [6, 6.07) is 9.06. The number of hydrogen-bond acceptors (Lipinski definition) is 9. The lowest BCUT2D eigenvalue weighted by Gasteiger charge is -2.42. The highest BCUT2D eigenvalue weighted by Gasteiger charge is 2.53. The number of esters is 3. The van der Waals surface area contributed by atoms with Gasteiger partial charge in [0.1, 0.15) is 6.10 Å². The second-order valence-electron chi connectivity index (χ2n) is 5.88. The number of carbonyl (C=O) groups excluding carboxylic acids is 3. The molecule has 1 fully saturated rings. The number of hydrogen-bond donors (Lipinski definition) is 1. The smallest absolute Gasteiger partial charge is 0.339 e. The summed E-state index contributed by atoms with van der Waals surface area (Å²) in [4.78, 5) is 35.0. The van der Waals surface area contributed by atoms with E-state index in [-0.39, 0.29) is 6.61 Å². The first-order chi connectivity index (χ1) is 12.8. The molecule has 0 aliphatic carbocycles. The zero-order valence-electron chi connectivity index (χ0n) is 15.2. The standard InChI is InChI=1S/C18H22O9/c1-10(19)25-13-14(26-11(2)20)16(17(21)23-3)27-18(22)15(13)24-9-12-7-5-4-6-8-12/h4-8,13-16,18,22H,9H2,1-3H3/t13-,14+,15+,16-,18+/m0/s1. The van der Waals surface area contributed by atoms with Gasteiger partial charge in [-0.25, -0.2) is 4.79 Å². The third kappa shape index (κ3) is 5.49. The predicted molar refractivity (Wildman–Crippen MR) is 89.0 cm³/mol. The monoisotopic (exact) mass is 382 g/mol. The van der Waals surface area contributed by atoms with Crippen molar-refractivity contribution in [2.24, 2.45) is 0 Å². The van der Waals surface area contributed by atoms with Gasteiger partial charge in [-0.15, -0.1) is 0 Å². The van der Waals surface area contributed by atoms with Gasteiger partial charge in [0.2, 0.25) is 0 Å². The second kappa shape index (κ2) is 9.45. The molecule has 0 unspecified atom stereocenters. The summed E-state index contributed by atoms with van der Waals surface area (Å²) in [5, 5.41) is 10.3. The van der Waals surface area contributed by atoms with Gasteiger partial charge in [0.25, 0.3) is 0 Å². The van der Waals surface area contributed by atoms with Crippen molar-refractivity contribution in [1.82, 2.24) is 0 Å². The van der Waals surface area contributed by atoms with E-state index in [2.05, 4.69) is 4.74 Å². The van der Waals surface area contributed by atoms with Crippen LogP contribution < -0.4 is 0 Å². The molecule has 0 saturated carbocycles. The molecule has 2 rings (SSSR count). The molecule has 0 bridgehead atoms. The minimum Gasteiger partial charge on any atom is -0.467 e. The largest absolute Gasteiger partial charge is 0.467 e. The summed E-state index contributed by atoms with van der Waals surface area (Å²) in [6.45, 7) is 2.34. The van der Waals surface area contributed by atoms with Crippen molar-refractivity contribution in [2.75, 3.05) is 7.11 Å². The van der Waals surface area contributed by atoms with Crippen LogP contribution in [0.5, 0.6) is 0 Å². The summed E-state index contributed by atoms with van der Waals surface area (Å²) in [5.74, 6) is -2.32. The molecule has 1 aromatic rings. The van der Waals surface area contributed by atoms with Crippen LogP contribution in [0, 0.1) is 0 Å². The number of benzene rings is 1. The first-order valence-electron chi connectivity index (χ1n) is 8.24. The van der Waals surface area contributed by atoms with Gasteiger partial charge in [0.15, 0.2) is 24.6 Å². The molecule has 0 spiro atoms. The molecule has 1 aliphatic heterocycles. The molecule has 1 N–H and O–H groups in total. The summed E-state index contributed by atoms with van der Waals surface area (Å²) in [7, 11) is 1.11. The maximum Gasteiger partial charge on any atom is 0.339 e. The third-order valence-electron chi connectivity index (χ3n) is 3.84. The van der Waals surface area contributed by atoms with Crippen LogP contribution in [0.4, 0.5) is 0 Å². The Balaban J connectivity index is 2.28. The lowest BCUT2D eigenvalue weighted by Crippen LogP contribution is -2.63. The Bertz CT molecular complexity index is 660. The highest BCUT2D eigenvalue weighted by Crippen LogP contribution is 2.29. The number of aliphatic hydroxyl groups excluding tert-OH is 1. The molecule has 0 amide bonds. The summed E-state index contributed by atoms with van der Waals surface area (Å²) in [6.07, 6.45) is -6.91. The molecule has 1 saturated heterocycles. The van der Waals surface area contributed by atoms with E-state index in [1.54, 1.807) is 12.1 Å². The molecule has 0 radical (unpaired) electrons. The first kappa shape index (κ1) is 20.8. The van der Waals surface area contributed by atoms with E-state index in [0.717, 1.165) is 26.5 Å². The first-order valence-corrected chi connectivity index (χ1v) is 8.24. The second-order valence-corrected chi connectivity index (χ2v) is 5.88. The Morgan fingerprint density at radius 3 is 2.15 bits per heavy atom. The number of aliphatic hydroxyl groups is 1. The zero-order valence-corrected chi connectivity index (χ0v) is 15.2. The van der Waals surface area contributed by atoms with Crippen molar-refractivity contribution < 1.29 is 43.2 Å². The van der Waals surface area contributed by atoms with Gasteiger partial charge in [-0.05, 0) is 5.56 Å². The van der Waals surface area contributed by atoms with Crippen LogP contribution in [-0.2, 0) is 44.7 Å². The van der Waals surface area contributed by atoms with Gasteiger partial charge >= 0.3 is 17.9 Å². The quantitative estimate of drug-likeness (QED) is 0.548. The summed E-state index contributed by atoms with van der Waals surface area (Å²) < 4.78 is 25.9. The van der Waals surface area contributed by atoms with E-state index in [0.29, 0.717) is 0 Å². The topological polar surface area (TPSA) is 118 Å². The van der Waals surface area contributed by atoms with E-state index in [1.165, 1.54) is 0 Å². The van der Waals surface area contributed by atoms with Crippen LogP contribution in [0.2, 0.25) is 0 Å². The number of carbonyl (C=O) groups is 3. The van der Waals surface area contributed by atoms with Crippen molar-refractivity contribution in [1.29, 1.82) is 0 Å². The van der Waals surface area contributed by atoms with Gasteiger partial charge in [0.05, 0.1) is 13.7 Å². The predicted octanol–water partition coefficient (Wildman–Crippen LogP) is 0.325. The Hall–Kier alpha value is -2.49. The van der Waals surface area contributed by atoms with Crippen LogP contribution in [0.3, 0.4) is 0 Å². The van der Waals surface area contributed by atoms with Gasteiger partial charge < -0.3 is 28.8 Å². The normalized spacial score (nSPS) is 27.5. The molecule has 148 valence electrons. The molecule has 5 atom stereocenters. The Morgan fingerprint density at radius 2 is 1.59 bits per heavy atom. The molecule has 9 heteroatoms. The SMILES string of the molecule is COC(=O)[C@H]1O[C@@H](O)[C@H](OCc2ccccc2)[C@@H](OC(C)=O)[C@H]1OC(C)=O. The minimum atomic E-state index is -1.62. The number of methoxy groups -OCH3 is 1. The van der Waals surface area contributed by atoms with Gasteiger partial charge in [-0.1, -0.05) is 30.3 Å². The van der Waals surface area contributed by atoms with E-state index in [9.17, 15) is 19.5 Å². The van der Waals surface area contributed by atoms with Crippen LogP contribution >= 0.6 is 0 Å². The highest BCUT2D eigenvalue weighted by atomic mass is 16.7. The highest BCUT2D eigenvalue weighted by molar-refractivity contribution is 5.77. The fourth-order valence-electron chi connectivity index (χ4n) is 2.72. The average molecular weight is 382 g/mol. The third-order valence-corrected chi connectivity index (χ3v) is 3.84. The minimum absolute atomic E-state index is 0.0688. The molecule has 1 aromatic carbocycles. The average Bonchev–Trinajstić information content (AvgIpc) is 2.62. The zero-order chi connectivity index (χ0) is 20.0. The molecule has 9 nitrogen and oxygen atoms in total. The molecule has 1 aliphatic rings. The Kier molecular flexibility index (Phi) is 7.28. The van der Waals surface area contributed by atoms with Crippen molar-refractivity contribution in [3.05, 3.63) is 35.9 Å². The molecular formula is C18H22O9. The fraction of sp³-hybridized carbons (Fsp3) is 0.500. The van der Waals surface area contributed by atoms with Crippen LogP contribution in [0.15, 0.2) is 30.3 Å². The summed E-state index contributed by atoms with van der Waals surface area (Å²) >= 11 is 0. The van der Waals surface area contributed by atoms with Gasteiger partial charge in [-0.3, -0.25) is 9.59 Å². The van der Waals surface area contributed by atoms with Crippen LogP contribution in [-0.4, -0.2) is 60.8 Å². The molecule has 1 heterocycles. The Labute approximate surface area is 156 Å². The van der Waals surface area contributed by atoms with Crippen LogP contribution in [0.1, 0.15) is 19.4 Å². The van der Waals surface area contributed by atoms with Crippen LogP contribution in [0.25, 0.3) is 0 Å². The van der Waals surface area contributed by atoms with E-state index in [1.807, 2.05) is 18.2 Å². The van der Waals surface area contributed by atoms with Crippen molar-refractivity contribution in [3.63, 3.8) is 0 Å². The van der Waals surface area contributed by atoms with E-state index in [4.69, 9.17) is 18.9 Å². The number of ether oxygens (including phenoxy) is 5. The molecular weight excluding hydrogens is 360 g/mol. The molecule has 27 heavy (non-hydrogen) atoms. The maximum absolute atomic E-state index is 12.0. The maximum atomic E-state index is 12.0. The van der Waals surface area contributed by atoms with Crippen molar-refractivity contribution in [2.45, 2.75) is 51.2 Å². The fourth-order valence-corrected chi connectivity index (χ4v) is 2.72. The van der Waals surface area contributed by atoms with Gasteiger partial charge in [0, 0.05) is 13.8 Å². The summed E-state index contributed by atoms with van der Waals surface area (Å²) in [5.41, 5.74) is 0.797. The van der Waals surface area contributed by atoms with E-state index >= 15 is 0 Å². The number of rotatable bonds is 6. The lowest BCUT2D eigenvalue weighted by molar-refractivity contribution is -0.297. The Morgan fingerprint density at radius 1 is 1.00 bits per heavy atom. The molecule has 0 aromatic heterocycles. The van der Waals surface area contributed by atoms with Crippen molar-refractivity contribution >= 4 is 17.9 Å².